The van der Waals surface area contributed by atoms with Crippen molar-refractivity contribution in [3.8, 4) is 11.4 Å². The van der Waals surface area contributed by atoms with Gasteiger partial charge >= 0.3 is 6.18 Å². The summed E-state index contributed by atoms with van der Waals surface area (Å²) in [7, 11) is 0. The summed E-state index contributed by atoms with van der Waals surface area (Å²) in [6.45, 7) is 1.65. The van der Waals surface area contributed by atoms with Crippen molar-refractivity contribution >= 4 is 55.7 Å². The number of fused-ring (bicyclic) bond motifs is 1. The van der Waals surface area contributed by atoms with Crippen molar-refractivity contribution in [2.75, 3.05) is 16.4 Å². The molecule has 0 saturated heterocycles. The molecule has 0 aliphatic heterocycles. The summed E-state index contributed by atoms with van der Waals surface area (Å²) < 4.78 is 42.0. The highest BCUT2D eigenvalue weighted by Gasteiger charge is 2.35. The van der Waals surface area contributed by atoms with Gasteiger partial charge in [-0.25, -0.2) is 9.97 Å². The van der Waals surface area contributed by atoms with Gasteiger partial charge < -0.3 is 16.4 Å². The van der Waals surface area contributed by atoms with Crippen LogP contribution in [0.2, 0.25) is 0 Å². The monoisotopic (exact) mass is 514 g/mol. The van der Waals surface area contributed by atoms with Crippen LogP contribution in [0.15, 0.2) is 60.0 Å². The molecule has 0 bridgehead atoms. The van der Waals surface area contributed by atoms with Crippen molar-refractivity contribution in [3.05, 3.63) is 76.2 Å². The summed E-state index contributed by atoms with van der Waals surface area (Å²) in [5.74, 6) is -0.304. The van der Waals surface area contributed by atoms with Crippen molar-refractivity contribution < 1.29 is 18.0 Å². The smallest absolute Gasteiger partial charge is 0.397 e. The number of nitrogen functional groups attached to an aromatic ring is 1. The number of carbonyl (C=O) groups is 1. The number of nitrogens with zero attached hydrogens (tertiary/aromatic N) is 3. The molecular formula is C23H17F3N6OS2. The van der Waals surface area contributed by atoms with Crippen molar-refractivity contribution in [1.29, 1.82) is 0 Å². The summed E-state index contributed by atoms with van der Waals surface area (Å²) in [5, 5.41) is 8.69. The number of nitrogens with two attached hydrogens (primary N) is 1. The number of halogens is 3. The minimum Gasteiger partial charge on any atom is -0.397 e. The number of thiazole rings is 1. The molecule has 5 rings (SSSR count). The standard InChI is InChI=1S/C23H17F3N6OS2/c1-12-20(32-17(23(24,25)26)7-4-8-18(32)28-12)15-11-34-22(30-15)31-19-10-9-16(35-19)21(33)29-14-6-3-2-5-13(14)27/h2-11H,27H2,1H3,(H,29,33)(H,30,31). The number of aryl methyl sites for hydroxylation is 1. The van der Waals surface area contributed by atoms with E-state index in [1.807, 2.05) is 0 Å². The van der Waals surface area contributed by atoms with Crippen LogP contribution in [-0.4, -0.2) is 20.3 Å². The number of imidazole rings is 1. The molecule has 1 aromatic carbocycles. The Labute approximate surface area is 205 Å². The van der Waals surface area contributed by atoms with Crippen molar-refractivity contribution in [2.45, 2.75) is 13.1 Å². The normalized spacial score (nSPS) is 11.7. The van der Waals surface area contributed by atoms with Gasteiger partial charge in [-0.15, -0.1) is 22.7 Å². The van der Waals surface area contributed by atoms with Gasteiger partial charge in [0.25, 0.3) is 5.91 Å². The van der Waals surface area contributed by atoms with Gasteiger partial charge in [0.05, 0.1) is 32.6 Å². The predicted octanol–water partition coefficient (Wildman–Crippen LogP) is 6.42. The Morgan fingerprint density at radius 3 is 2.63 bits per heavy atom. The molecule has 0 aliphatic carbocycles. The van der Waals surface area contributed by atoms with Crippen LogP contribution in [0, 0.1) is 6.92 Å². The first-order valence-electron chi connectivity index (χ1n) is 10.2. The predicted molar refractivity (Wildman–Crippen MR) is 132 cm³/mol. The molecule has 0 fully saturated rings. The summed E-state index contributed by atoms with van der Waals surface area (Å²) in [6.07, 6.45) is -4.54. The highest BCUT2D eigenvalue weighted by molar-refractivity contribution is 7.19. The highest BCUT2D eigenvalue weighted by atomic mass is 32.1. The Balaban J connectivity index is 1.39. The molecule has 5 aromatic rings. The van der Waals surface area contributed by atoms with Gasteiger partial charge in [0.2, 0.25) is 0 Å². The molecule has 0 saturated carbocycles. The van der Waals surface area contributed by atoms with Crippen molar-refractivity contribution in [1.82, 2.24) is 14.4 Å². The number of anilines is 4. The first-order valence-corrected chi connectivity index (χ1v) is 11.9. The fourth-order valence-electron chi connectivity index (χ4n) is 3.59. The first-order chi connectivity index (χ1) is 16.7. The number of alkyl halides is 3. The Kier molecular flexibility index (Phi) is 5.69. The van der Waals surface area contributed by atoms with Crippen LogP contribution in [0.25, 0.3) is 17.0 Å². The molecule has 7 nitrogen and oxygen atoms in total. The van der Waals surface area contributed by atoms with Gasteiger partial charge in [0.15, 0.2) is 5.13 Å². The number of hydrogen-bond acceptors (Lipinski definition) is 7. The molecule has 178 valence electrons. The molecule has 0 spiro atoms. The van der Waals surface area contributed by atoms with E-state index >= 15 is 0 Å². The SMILES string of the molecule is Cc1nc2cccc(C(F)(F)F)n2c1-c1csc(Nc2ccc(C(=O)Nc3ccccc3N)s2)n1. The number of amides is 1. The van der Waals surface area contributed by atoms with E-state index in [-0.39, 0.29) is 17.2 Å². The van der Waals surface area contributed by atoms with E-state index in [2.05, 4.69) is 20.6 Å². The number of rotatable bonds is 5. The van der Waals surface area contributed by atoms with Crippen molar-refractivity contribution in [2.24, 2.45) is 0 Å². The number of hydrogen-bond donors (Lipinski definition) is 3. The van der Waals surface area contributed by atoms with E-state index in [9.17, 15) is 18.0 Å². The van der Waals surface area contributed by atoms with Gasteiger partial charge in [0.1, 0.15) is 17.0 Å². The zero-order valence-electron chi connectivity index (χ0n) is 18.1. The maximum Gasteiger partial charge on any atom is 0.431 e. The zero-order chi connectivity index (χ0) is 24.7. The van der Waals surface area contributed by atoms with Gasteiger partial charge in [-0.05, 0) is 43.3 Å². The molecule has 12 heteroatoms. The summed E-state index contributed by atoms with van der Waals surface area (Å²) in [5.41, 5.74) is 7.32. The molecule has 0 aliphatic rings. The van der Waals surface area contributed by atoms with Gasteiger partial charge in [-0.1, -0.05) is 18.2 Å². The zero-order valence-corrected chi connectivity index (χ0v) is 19.7. The molecule has 0 unspecified atom stereocenters. The lowest BCUT2D eigenvalue weighted by molar-refractivity contribution is -0.141. The fraction of sp³-hybridized carbons (Fsp3) is 0.0870. The van der Waals surface area contributed by atoms with Crippen LogP contribution in [0.1, 0.15) is 21.1 Å². The Bertz CT molecular complexity index is 1550. The van der Waals surface area contributed by atoms with Crippen LogP contribution >= 0.6 is 22.7 Å². The van der Waals surface area contributed by atoms with Gasteiger partial charge in [-0.3, -0.25) is 9.20 Å². The van der Waals surface area contributed by atoms with Crippen LogP contribution in [0.3, 0.4) is 0 Å². The van der Waals surface area contributed by atoms with E-state index < -0.39 is 11.9 Å². The van der Waals surface area contributed by atoms with Crippen LogP contribution in [0.5, 0.6) is 0 Å². The van der Waals surface area contributed by atoms with Crippen LogP contribution < -0.4 is 16.4 Å². The number of nitrogens with one attached hydrogen (secondary N) is 2. The molecule has 4 aromatic heterocycles. The molecule has 35 heavy (non-hydrogen) atoms. The second kappa shape index (κ2) is 8.71. The lowest BCUT2D eigenvalue weighted by Gasteiger charge is -2.11. The maximum absolute atomic E-state index is 13.6. The fourth-order valence-corrected chi connectivity index (χ4v) is 5.17. The minimum atomic E-state index is -4.54. The third-order valence-electron chi connectivity index (χ3n) is 5.12. The Morgan fingerprint density at radius 1 is 1.06 bits per heavy atom. The Morgan fingerprint density at radius 2 is 1.86 bits per heavy atom. The third kappa shape index (κ3) is 4.45. The molecular weight excluding hydrogens is 497 g/mol. The maximum atomic E-state index is 13.6. The Hall–Kier alpha value is -3.90. The number of para-hydroxylation sites is 2. The molecule has 1 amide bonds. The van der Waals surface area contributed by atoms with Crippen molar-refractivity contribution in [3.63, 3.8) is 0 Å². The first kappa shape index (κ1) is 22.9. The highest BCUT2D eigenvalue weighted by Crippen LogP contribution is 2.36. The second-order valence-corrected chi connectivity index (χ2v) is 9.46. The van der Waals surface area contributed by atoms with Crippen LogP contribution in [-0.2, 0) is 6.18 Å². The minimum absolute atomic E-state index is 0.197. The van der Waals surface area contributed by atoms with E-state index in [1.165, 1.54) is 34.8 Å². The number of benzene rings is 1. The average molecular weight is 515 g/mol. The molecule has 0 radical (unpaired) electrons. The number of aromatic nitrogens is 3. The quantitative estimate of drug-likeness (QED) is 0.235. The lowest BCUT2D eigenvalue weighted by Crippen LogP contribution is -2.12. The third-order valence-corrected chi connectivity index (χ3v) is 6.88. The average Bonchev–Trinajstić information content (AvgIpc) is 3.53. The summed E-state index contributed by atoms with van der Waals surface area (Å²) >= 11 is 2.46. The van der Waals surface area contributed by atoms with E-state index in [1.54, 1.807) is 48.7 Å². The molecule has 4 N–H and O–H groups in total. The topological polar surface area (TPSA) is 97.3 Å². The second-order valence-electron chi connectivity index (χ2n) is 7.52. The number of pyridine rings is 1. The van der Waals surface area contributed by atoms with E-state index in [4.69, 9.17) is 5.73 Å². The lowest BCUT2D eigenvalue weighted by atomic mass is 10.2. The molecule has 4 heterocycles. The van der Waals surface area contributed by atoms with Gasteiger partial charge in [-0.2, -0.15) is 13.2 Å². The van der Waals surface area contributed by atoms with Crippen LogP contribution in [0.4, 0.5) is 34.7 Å². The molecule has 0 atom stereocenters. The van der Waals surface area contributed by atoms with Gasteiger partial charge in [0, 0.05) is 5.38 Å². The number of carbonyl (C=O) groups excluding carboxylic acids is 1. The largest absolute Gasteiger partial charge is 0.431 e. The number of thiophene rings is 1. The summed E-state index contributed by atoms with van der Waals surface area (Å²) in [4.78, 5) is 21.8. The summed E-state index contributed by atoms with van der Waals surface area (Å²) in [6, 6.07) is 14.2. The van der Waals surface area contributed by atoms with E-state index in [0.29, 0.717) is 37.8 Å². The van der Waals surface area contributed by atoms with E-state index in [0.717, 1.165) is 10.5 Å².